The molecule has 32 heavy (non-hydrogen) atoms. The Hall–Kier alpha value is -3.73. The lowest BCUT2D eigenvalue weighted by Crippen LogP contribution is -2.35. The van der Waals surface area contributed by atoms with Gasteiger partial charge in [0, 0.05) is 24.1 Å². The lowest BCUT2D eigenvalue weighted by atomic mass is 10.0. The Morgan fingerprint density at radius 2 is 1.53 bits per heavy atom. The van der Waals surface area contributed by atoms with E-state index in [1.165, 1.54) is 5.56 Å². The number of carbonyl (C=O) groups excluding carboxylic acids is 1. The molecule has 1 heterocycles. The summed E-state index contributed by atoms with van der Waals surface area (Å²) in [5.74, 6) is 1.06. The number of benzene rings is 3. The van der Waals surface area contributed by atoms with Crippen LogP contribution in [0.3, 0.4) is 0 Å². The zero-order chi connectivity index (χ0) is 22.5. The smallest absolute Gasteiger partial charge is 0.254 e. The number of carbonyl (C=O) groups is 1. The van der Waals surface area contributed by atoms with Gasteiger partial charge in [0.05, 0.1) is 6.04 Å². The highest BCUT2D eigenvalue weighted by molar-refractivity contribution is 5.94. The topological polar surface area (TPSA) is 59.2 Å². The molecule has 0 radical (unpaired) electrons. The highest BCUT2D eigenvalue weighted by Crippen LogP contribution is 2.23. The van der Waals surface area contributed by atoms with E-state index in [0.717, 1.165) is 16.7 Å². The first-order valence-electron chi connectivity index (χ1n) is 10.8. The number of aryl methyl sites for hydroxylation is 2. The fourth-order valence-electron chi connectivity index (χ4n) is 3.64. The van der Waals surface area contributed by atoms with Gasteiger partial charge in [-0.3, -0.25) is 4.79 Å². The zero-order valence-corrected chi connectivity index (χ0v) is 18.7. The van der Waals surface area contributed by atoms with E-state index < -0.39 is 0 Å². The second-order valence-corrected chi connectivity index (χ2v) is 8.08. The minimum absolute atomic E-state index is 0.0142. The maximum Gasteiger partial charge on any atom is 0.254 e. The molecule has 1 atom stereocenters. The second-order valence-electron chi connectivity index (χ2n) is 8.08. The average molecular weight is 426 g/mol. The number of nitrogens with zero attached hydrogens (tertiary/aromatic N) is 3. The van der Waals surface area contributed by atoms with Gasteiger partial charge in [0.25, 0.3) is 5.91 Å². The molecule has 4 aromatic rings. The van der Waals surface area contributed by atoms with Crippen LogP contribution in [-0.2, 0) is 6.42 Å². The Kier molecular flexibility index (Phi) is 6.45. The molecule has 0 unspecified atom stereocenters. The van der Waals surface area contributed by atoms with Gasteiger partial charge in [0.1, 0.15) is 0 Å². The first-order chi connectivity index (χ1) is 15.5. The van der Waals surface area contributed by atoms with Crippen molar-refractivity contribution in [2.45, 2.75) is 33.2 Å². The summed E-state index contributed by atoms with van der Waals surface area (Å²) in [6.07, 6.45) is 0.480. The average Bonchev–Trinajstić information content (AvgIpc) is 3.29. The predicted octanol–water partition coefficient (Wildman–Crippen LogP) is 5.80. The lowest BCUT2D eigenvalue weighted by Gasteiger charge is -2.29. The van der Waals surface area contributed by atoms with Gasteiger partial charge >= 0.3 is 0 Å². The normalized spacial score (nSPS) is 11.8. The summed E-state index contributed by atoms with van der Waals surface area (Å²) in [6.45, 7) is 6.57. The fraction of sp³-hybridized carbons (Fsp3) is 0.222. The highest BCUT2D eigenvalue weighted by atomic mass is 16.5. The molecule has 1 amide bonds. The third-order valence-corrected chi connectivity index (χ3v) is 5.65. The Balaban J connectivity index is 1.54. The number of hydrogen-bond acceptors (Lipinski definition) is 4. The minimum atomic E-state index is -0.0931. The maximum atomic E-state index is 13.4. The number of aromatic nitrogens is 2. The number of amides is 1. The van der Waals surface area contributed by atoms with E-state index in [1.54, 1.807) is 0 Å². The van der Waals surface area contributed by atoms with Crippen molar-refractivity contribution in [1.29, 1.82) is 0 Å². The fourth-order valence-corrected chi connectivity index (χ4v) is 3.64. The van der Waals surface area contributed by atoms with Crippen LogP contribution in [0.15, 0.2) is 83.4 Å². The van der Waals surface area contributed by atoms with E-state index in [2.05, 4.69) is 10.1 Å². The van der Waals surface area contributed by atoms with Crippen LogP contribution in [0.1, 0.15) is 45.9 Å². The molecule has 0 fully saturated rings. The summed E-state index contributed by atoms with van der Waals surface area (Å²) in [7, 11) is 0. The molecule has 5 nitrogen and oxygen atoms in total. The van der Waals surface area contributed by atoms with Gasteiger partial charge < -0.3 is 9.42 Å². The molecule has 0 bridgehead atoms. The van der Waals surface area contributed by atoms with Gasteiger partial charge in [-0.2, -0.15) is 4.98 Å². The van der Waals surface area contributed by atoms with Crippen LogP contribution in [0.25, 0.3) is 11.4 Å². The summed E-state index contributed by atoms with van der Waals surface area (Å²) < 4.78 is 5.49. The van der Waals surface area contributed by atoms with E-state index in [1.807, 2.05) is 105 Å². The SMILES string of the molecule is Cc1ccc(C(=O)N(CCc2nc(-c3ccc(C)cc3)no2)[C@@H](C)c2ccccc2)cc1. The molecular weight excluding hydrogens is 398 g/mol. The summed E-state index contributed by atoms with van der Waals surface area (Å²) >= 11 is 0. The molecule has 5 heteroatoms. The third-order valence-electron chi connectivity index (χ3n) is 5.65. The molecular formula is C27H27N3O2. The standard InChI is InChI=1S/C27H27N3O2/c1-19-9-13-23(14-10-19)26-28-25(32-29-26)17-18-30(21(3)22-7-5-4-6-8-22)27(31)24-15-11-20(2)12-16-24/h4-16,21H,17-18H2,1-3H3/t21-/m0/s1. The second kappa shape index (κ2) is 9.60. The Morgan fingerprint density at radius 3 is 2.19 bits per heavy atom. The summed E-state index contributed by atoms with van der Waals surface area (Å²) in [5.41, 5.74) is 4.97. The van der Waals surface area contributed by atoms with Gasteiger partial charge in [0.15, 0.2) is 0 Å². The molecule has 1 aromatic heterocycles. The molecule has 0 aliphatic carbocycles. The van der Waals surface area contributed by atoms with Gasteiger partial charge in [-0.1, -0.05) is 83.0 Å². The van der Waals surface area contributed by atoms with Gasteiger partial charge in [-0.05, 0) is 38.5 Å². The summed E-state index contributed by atoms with van der Waals surface area (Å²) in [5, 5.41) is 4.12. The summed E-state index contributed by atoms with van der Waals surface area (Å²) in [6, 6.07) is 25.7. The molecule has 3 aromatic carbocycles. The molecule has 4 rings (SSSR count). The van der Waals surface area contributed by atoms with Crippen LogP contribution >= 0.6 is 0 Å². The van der Waals surface area contributed by atoms with Crippen LogP contribution in [0.4, 0.5) is 0 Å². The first kappa shape index (κ1) is 21.5. The molecule has 0 spiro atoms. The van der Waals surface area contributed by atoms with Crippen LogP contribution in [-0.4, -0.2) is 27.5 Å². The van der Waals surface area contributed by atoms with Crippen molar-refractivity contribution < 1.29 is 9.32 Å². The molecule has 0 aliphatic heterocycles. The van der Waals surface area contributed by atoms with Crippen LogP contribution < -0.4 is 0 Å². The predicted molar refractivity (Wildman–Crippen MR) is 125 cm³/mol. The molecule has 0 saturated carbocycles. The van der Waals surface area contributed by atoms with Crippen molar-refractivity contribution in [1.82, 2.24) is 15.0 Å². The van der Waals surface area contributed by atoms with Gasteiger partial charge in [-0.25, -0.2) is 0 Å². The largest absolute Gasteiger partial charge is 0.339 e. The van der Waals surface area contributed by atoms with E-state index in [9.17, 15) is 4.79 Å². The summed E-state index contributed by atoms with van der Waals surface area (Å²) in [4.78, 5) is 19.8. The quantitative estimate of drug-likeness (QED) is 0.375. The van der Waals surface area contributed by atoms with E-state index in [4.69, 9.17) is 4.52 Å². The highest BCUT2D eigenvalue weighted by Gasteiger charge is 2.23. The number of hydrogen-bond donors (Lipinski definition) is 0. The maximum absolute atomic E-state index is 13.4. The van der Waals surface area contributed by atoms with Gasteiger partial charge in [0.2, 0.25) is 11.7 Å². The van der Waals surface area contributed by atoms with Crippen LogP contribution in [0.2, 0.25) is 0 Å². The van der Waals surface area contributed by atoms with Crippen molar-refractivity contribution >= 4 is 5.91 Å². The number of rotatable bonds is 7. The third kappa shape index (κ3) is 4.94. The van der Waals surface area contributed by atoms with Crippen molar-refractivity contribution in [2.24, 2.45) is 0 Å². The first-order valence-corrected chi connectivity index (χ1v) is 10.8. The molecule has 0 saturated heterocycles. The van der Waals surface area contributed by atoms with E-state index in [-0.39, 0.29) is 11.9 Å². The molecule has 0 aliphatic rings. The van der Waals surface area contributed by atoms with Crippen molar-refractivity contribution in [3.63, 3.8) is 0 Å². The monoisotopic (exact) mass is 425 g/mol. The van der Waals surface area contributed by atoms with Crippen LogP contribution in [0, 0.1) is 13.8 Å². The van der Waals surface area contributed by atoms with Crippen molar-refractivity contribution in [2.75, 3.05) is 6.54 Å². The van der Waals surface area contributed by atoms with Crippen molar-refractivity contribution in [3.8, 4) is 11.4 Å². The zero-order valence-electron chi connectivity index (χ0n) is 18.7. The van der Waals surface area contributed by atoms with E-state index in [0.29, 0.717) is 30.2 Å². The van der Waals surface area contributed by atoms with Gasteiger partial charge in [-0.15, -0.1) is 0 Å². The lowest BCUT2D eigenvalue weighted by molar-refractivity contribution is 0.0689. The minimum Gasteiger partial charge on any atom is -0.339 e. The van der Waals surface area contributed by atoms with Crippen LogP contribution in [0.5, 0.6) is 0 Å². The Labute approximate surface area is 188 Å². The van der Waals surface area contributed by atoms with Crippen molar-refractivity contribution in [3.05, 3.63) is 107 Å². The van der Waals surface area contributed by atoms with E-state index >= 15 is 0 Å². The molecule has 162 valence electrons. The Bertz CT molecular complexity index is 1170. The molecule has 0 N–H and O–H groups in total. The Morgan fingerprint density at radius 1 is 0.906 bits per heavy atom.